The quantitative estimate of drug-likeness (QED) is 0.395. The number of hydrogen-bond donors (Lipinski definition) is 2. The maximum absolute atomic E-state index is 12.7. The highest BCUT2D eigenvalue weighted by Gasteiger charge is 2.62. The normalized spacial score (nSPS) is 30.5. The Morgan fingerprint density at radius 1 is 1.33 bits per heavy atom. The number of carbonyl (C=O) groups is 3. The first-order valence-electron chi connectivity index (χ1n) is 7.92. The van der Waals surface area contributed by atoms with Gasteiger partial charge in [0.2, 0.25) is 5.60 Å². The fourth-order valence-electron chi connectivity index (χ4n) is 2.86. The molecule has 0 radical (unpaired) electrons. The smallest absolute Gasteiger partial charge is 0.347 e. The number of rotatable bonds is 6. The zero-order valence-electron chi connectivity index (χ0n) is 15.0. The van der Waals surface area contributed by atoms with Gasteiger partial charge in [0, 0.05) is 5.92 Å². The van der Waals surface area contributed by atoms with Crippen LogP contribution in [0.5, 0.6) is 0 Å². The van der Waals surface area contributed by atoms with Gasteiger partial charge in [0.15, 0.2) is 8.32 Å². The van der Waals surface area contributed by atoms with Crippen LogP contribution in [0.4, 0.5) is 0 Å². The van der Waals surface area contributed by atoms with Crippen LogP contribution in [-0.2, 0) is 28.3 Å². The summed E-state index contributed by atoms with van der Waals surface area (Å²) in [6, 6.07) is -0.639. The molecular formula is C15H27NO7Si. The summed E-state index contributed by atoms with van der Waals surface area (Å²) in [5.74, 6) is -3.35. The molecule has 0 unspecified atom stereocenters. The molecule has 0 aliphatic carbocycles. The second kappa shape index (κ2) is 7.62. The zero-order chi connectivity index (χ0) is 18.7. The van der Waals surface area contributed by atoms with Crippen molar-refractivity contribution in [2.45, 2.75) is 57.7 Å². The molecule has 1 rings (SSSR count). The van der Waals surface area contributed by atoms with Crippen molar-refractivity contribution in [3.05, 3.63) is 0 Å². The van der Waals surface area contributed by atoms with Crippen LogP contribution in [0.3, 0.4) is 0 Å². The highest BCUT2D eigenvalue weighted by atomic mass is 28.4. The highest BCUT2D eigenvalue weighted by Crippen LogP contribution is 2.37. The minimum atomic E-state index is -2.43. The van der Waals surface area contributed by atoms with E-state index in [0.29, 0.717) is 0 Å². The summed E-state index contributed by atoms with van der Waals surface area (Å²) in [7, 11) is -1.29. The third kappa shape index (κ3) is 4.14. The molecule has 9 heteroatoms. The van der Waals surface area contributed by atoms with Gasteiger partial charge >= 0.3 is 11.9 Å². The third-order valence-electron chi connectivity index (χ3n) is 3.79. The van der Waals surface area contributed by atoms with Crippen molar-refractivity contribution in [1.82, 2.24) is 5.32 Å². The molecule has 2 N–H and O–H groups in total. The Kier molecular flexibility index (Phi) is 6.54. The minimum absolute atomic E-state index is 0.156. The van der Waals surface area contributed by atoms with Gasteiger partial charge in [-0.3, -0.25) is 9.59 Å². The maximum Gasteiger partial charge on any atom is 0.347 e. The molecule has 4 atom stereocenters. The van der Waals surface area contributed by atoms with Crippen molar-refractivity contribution in [1.29, 1.82) is 0 Å². The van der Waals surface area contributed by atoms with Crippen molar-refractivity contribution in [2.75, 3.05) is 13.7 Å². The lowest BCUT2D eigenvalue weighted by Gasteiger charge is -2.47. The van der Waals surface area contributed by atoms with Crippen LogP contribution >= 0.6 is 0 Å². The van der Waals surface area contributed by atoms with E-state index in [1.165, 1.54) is 0 Å². The van der Waals surface area contributed by atoms with E-state index in [1.807, 2.05) is 0 Å². The first-order chi connectivity index (χ1) is 11.0. The van der Waals surface area contributed by atoms with Gasteiger partial charge in [-0.2, -0.15) is 0 Å². The van der Waals surface area contributed by atoms with Gasteiger partial charge in [-0.25, -0.2) is 4.79 Å². The lowest BCUT2D eigenvalue weighted by molar-refractivity contribution is -0.187. The Bertz CT molecular complexity index is 505. The van der Waals surface area contributed by atoms with E-state index in [0.717, 1.165) is 7.11 Å². The monoisotopic (exact) mass is 361 g/mol. The van der Waals surface area contributed by atoms with E-state index in [9.17, 15) is 19.5 Å². The average molecular weight is 361 g/mol. The number of aliphatic hydroxyl groups is 1. The summed E-state index contributed by atoms with van der Waals surface area (Å²) >= 11 is 0. The summed E-state index contributed by atoms with van der Waals surface area (Å²) in [6.45, 7) is 8.81. The number of ether oxygens (including phenoxy) is 2. The summed E-state index contributed by atoms with van der Waals surface area (Å²) in [4.78, 5) is 37.2. The molecule has 0 bridgehead atoms. The number of esters is 2. The Balaban J connectivity index is 3.40. The lowest BCUT2D eigenvalue weighted by Crippen LogP contribution is -2.72. The van der Waals surface area contributed by atoms with Gasteiger partial charge in [-0.15, -0.1) is 0 Å². The molecule has 1 heterocycles. The van der Waals surface area contributed by atoms with E-state index in [-0.39, 0.29) is 13.0 Å². The van der Waals surface area contributed by atoms with Gasteiger partial charge in [0.25, 0.3) is 5.91 Å². The van der Waals surface area contributed by atoms with Gasteiger partial charge in [-0.1, -0.05) is 0 Å². The molecule has 0 aromatic heterocycles. The summed E-state index contributed by atoms with van der Waals surface area (Å²) < 4.78 is 15.6. The number of hydrogen-bond acceptors (Lipinski definition) is 7. The van der Waals surface area contributed by atoms with Crippen molar-refractivity contribution < 1.29 is 33.4 Å². The second-order valence-electron chi connectivity index (χ2n) is 6.81. The van der Waals surface area contributed by atoms with Crippen LogP contribution < -0.4 is 5.32 Å². The number of piperidine rings is 1. The molecular weight excluding hydrogens is 334 g/mol. The first-order valence-corrected chi connectivity index (χ1v) is 11.3. The molecule has 1 amide bonds. The standard InChI is InChI=1S/C15H27NO7Si/c1-7-22-11(17)8-10-12(18)9(2)16-13(19)15(10,14(20)21-3)23-24(4,5)6/h9-10,12,18H,7-8H2,1-6H3,(H,16,19)/t9-,10-,12+,15+/m1/s1. The molecule has 1 fully saturated rings. The largest absolute Gasteiger partial charge is 0.466 e. The highest BCUT2D eigenvalue weighted by molar-refractivity contribution is 6.70. The molecule has 1 aliphatic rings. The van der Waals surface area contributed by atoms with Gasteiger partial charge in [-0.05, 0) is 33.5 Å². The molecule has 1 aliphatic heterocycles. The summed E-state index contributed by atoms with van der Waals surface area (Å²) in [5, 5.41) is 13.1. The van der Waals surface area contributed by atoms with Crippen molar-refractivity contribution in [3.8, 4) is 0 Å². The third-order valence-corrected chi connectivity index (χ3v) is 4.72. The molecule has 0 aromatic rings. The fourth-order valence-corrected chi connectivity index (χ4v) is 4.16. The SMILES string of the molecule is CCOC(=O)C[C@@H]1[C@@H](O)[C@@H](C)NC(=O)[C@]1(O[Si](C)(C)C)C(=O)OC. The van der Waals surface area contributed by atoms with Crippen LogP contribution in [0.2, 0.25) is 19.6 Å². The predicted molar refractivity (Wildman–Crippen MR) is 87.5 cm³/mol. The average Bonchev–Trinajstić information content (AvgIpc) is 2.46. The number of aliphatic hydroxyl groups excluding tert-OH is 1. The van der Waals surface area contributed by atoms with E-state index in [4.69, 9.17) is 13.9 Å². The zero-order valence-corrected chi connectivity index (χ0v) is 16.0. The van der Waals surface area contributed by atoms with Gasteiger partial charge < -0.3 is 24.3 Å². The maximum atomic E-state index is 12.7. The van der Waals surface area contributed by atoms with E-state index >= 15 is 0 Å². The van der Waals surface area contributed by atoms with E-state index in [2.05, 4.69) is 5.32 Å². The number of carbonyl (C=O) groups excluding carboxylic acids is 3. The van der Waals surface area contributed by atoms with Crippen molar-refractivity contribution in [2.24, 2.45) is 5.92 Å². The van der Waals surface area contributed by atoms with Crippen LogP contribution in [-0.4, -0.2) is 62.7 Å². The molecule has 0 saturated carbocycles. The van der Waals surface area contributed by atoms with Crippen LogP contribution in [0.15, 0.2) is 0 Å². The van der Waals surface area contributed by atoms with Crippen LogP contribution in [0, 0.1) is 5.92 Å². The molecule has 1 saturated heterocycles. The van der Waals surface area contributed by atoms with E-state index in [1.54, 1.807) is 33.5 Å². The summed E-state index contributed by atoms with van der Waals surface area (Å²) in [5.41, 5.74) is -2.07. The minimum Gasteiger partial charge on any atom is -0.466 e. The number of nitrogens with one attached hydrogen (secondary N) is 1. The van der Waals surface area contributed by atoms with Crippen molar-refractivity contribution in [3.63, 3.8) is 0 Å². The number of amides is 1. The number of methoxy groups -OCH3 is 1. The Labute approximate surface area is 143 Å². The van der Waals surface area contributed by atoms with E-state index < -0.39 is 49.8 Å². The first kappa shape index (κ1) is 20.6. The molecule has 0 spiro atoms. The van der Waals surface area contributed by atoms with Gasteiger partial charge in [0.05, 0.1) is 32.3 Å². The molecule has 0 aromatic carbocycles. The van der Waals surface area contributed by atoms with Crippen LogP contribution in [0.25, 0.3) is 0 Å². The Morgan fingerprint density at radius 3 is 2.38 bits per heavy atom. The van der Waals surface area contributed by atoms with Crippen LogP contribution in [0.1, 0.15) is 20.3 Å². The lowest BCUT2D eigenvalue weighted by atomic mass is 9.75. The fraction of sp³-hybridized carbons (Fsp3) is 0.800. The summed E-state index contributed by atoms with van der Waals surface area (Å²) in [6.07, 6.45) is -1.49. The van der Waals surface area contributed by atoms with Gasteiger partial charge in [0.1, 0.15) is 0 Å². The predicted octanol–water partition coefficient (Wildman–Crippen LogP) is 0.198. The topological polar surface area (TPSA) is 111 Å². The Morgan fingerprint density at radius 2 is 1.92 bits per heavy atom. The Hall–Kier alpha value is -1.45. The van der Waals surface area contributed by atoms with Crippen molar-refractivity contribution >= 4 is 26.2 Å². The second-order valence-corrected chi connectivity index (χ2v) is 11.2. The molecule has 24 heavy (non-hydrogen) atoms. The molecule has 8 nitrogen and oxygen atoms in total. The molecule has 138 valence electrons.